The van der Waals surface area contributed by atoms with E-state index in [1.54, 1.807) is 0 Å². The van der Waals surface area contributed by atoms with Gasteiger partial charge in [0.25, 0.3) is 0 Å². The Hall–Kier alpha value is -1.39. The number of anilines is 1. The fourth-order valence-corrected chi connectivity index (χ4v) is 3.73. The molecule has 1 saturated heterocycles. The first-order valence-corrected chi connectivity index (χ1v) is 10.5. The molecule has 0 spiro atoms. The molecule has 1 aromatic rings. The zero-order valence-corrected chi connectivity index (χ0v) is 16.6. The lowest BCUT2D eigenvalue weighted by Gasteiger charge is -2.33. The second-order valence-corrected chi connectivity index (χ2v) is 7.69. The highest BCUT2D eigenvalue weighted by Crippen LogP contribution is 2.28. The smallest absolute Gasteiger partial charge is 0.389 e. The quantitative estimate of drug-likeness (QED) is 0.381. The Morgan fingerprint density at radius 3 is 2.26 bits per heavy atom. The molecule has 1 heterocycles. The SMILES string of the molecule is CCCCCCCC1CCN(c2ccc(OCCCC(F)(F)F)cc2)CC1. The van der Waals surface area contributed by atoms with Crippen LogP contribution in [-0.2, 0) is 0 Å². The van der Waals surface area contributed by atoms with Crippen LogP contribution in [0.1, 0.15) is 71.1 Å². The zero-order chi connectivity index (χ0) is 19.5. The number of alkyl halides is 3. The molecule has 27 heavy (non-hydrogen) atoms. The average molecular weight is 386 g/mol. The topological polar surface area (TPSA) is 12.5 Å². The molecule has 1 aliphatic rings. The van der Waals surface area contributed by atoms with E-state index in [1.165, 1.54) is 57.1 Å². The number of unbranched alkanes of at least 4 members (excludes halogenated alkanes) is 4. The Kier molecular flexibility index (Phi) is 9.29. The number of halogens is 3. The Balaban J connectivity index is 1.64. The lowest BCUT2D eigenvalue weighted by Crippen LogP contribution is -2.33. The van der Waals surface area contributed by atoms with Gasteiger partial charge in [0.1, 0.15) is 5.75 Å². The average Bonchev–Trinajstić information content (AvgIpc) is 2.65. The van der Waals surface area contributed by atoms with Gasteiger partial charge >= 0.3 is 6.18 Å². The van der Waals surface area contributed by atoms with Crippen molar-refractivity contribution in [2.75, 3.05) is 24.6 Å². The van der Waals surface area contributed by atoms with Crippen molar-refractivity contribution in [3.63, 3.8) is 0 Å². The highest BCUT2D eigenvalue weighted by Gasteiger charge is 2.26. The van der Waals surface area contributed by atoms with Crippen LogP contribution in [-0.4, -0.2) is 25.9 Å². The monoisotopic (exact) mass is 385 g/mol. The lowest BCUT2D eigenvalue weighted by molar-refractivity contribution is -0.136. The molecule has 0 unspecified atom stereocenters. The van der Waals surface area contributed by atoms with Gasteiger partial charge in [0.05, 0.1) is 6.61 Å². The third-order valence-electron chi connectivity index (χ3n) is 5.41. The fourth-order valence-electron chi connectivity index (χ4n) is 3.73. The summed E-state index contributed by atoms with van der Waals surface area (Å²) < 4.78 is 41.8. The Labute approximate surface area is 162 Å². The molecule has 1 fully saturated rings. The minimum Gasteiger partial charge on any atom is -0.494 e. The number of hydrogen-bond donors (Lipinski definition) is 0. The van der Waals surface area contributed by atoms with E-state index >= 15 is 0 Å². The van der Waals surface area contributed by atoms with Crippen LogP contribution in [0, 0.1) is 5.92 Å². The van der Waals surface area contributed by atoms with E-state index in [1.807, 2.05) is 24.3 Å². The lowest BCUT2D eigenvalue weighted by atomic mass is 9.91. The summed E-state index contributed by atoms with van der Waals surface area (Å²) in [5.74, 6) is 1.50. The Morgan fingerprint density at radius 2 is 1.63 bits per heavy atom. The van der Waals surface area contributed by atoms with Crippen molar-refractivity contribution in [2.24, 2.45) is 5.92 Å². The first-order chi connectivity index (χ1) is 13.0. The van der Waals surface area contributed by atoms with Crippen LogP contribution in [0.4, 0.5) is 18.9 Å². The van der Waals surface area contributed by atoms with Gasteiger partial charge in [-0.15, -0.1) is 0 Å². The number of benzene rings is 1. The minimum atomic E-state index is -4.10. The molecular weight excluding hydrogens is 351 g/mol. The molecule has 1 aliphatic heterocycles. The summed E-state index contributed by atoms with van der Waals surface area (Å²) in [6.07, 6.45) is 5.75. The van der Waals surface area contributed by atoms with Gasteiger partial charge in [-0.25, -0.2) is 0 Å². The first-order valence-electron chi connectivity index (χ1n) is 10.5. The molecule has 0 aromatic heterocycles. The number of piperidine rings is 1. The van der Waals surface area contributed by atoms with Crippen LogP contribution in [0.3, 0.4) is 0 Å². The summed E-state index contributed by atoms with van der Waals surface area (Å²) in [5, 5.41) is 0. The van der Waals surface area contributed by atoms with Crippen LogP contribution < -0.4 is 9.64 Å². The fraction of sp³-hybridized carbons (Fsp3) is 0.727. The number of hydrogen-bond acceptors (Lipinski definition) is 2. The maximum Gasteiger partial charge on any atom is 0.389 e. The first kappa shape index (κ1) is 21.9. The van der Waals surface area contributed by atoms with Gasteiger partial charge in [-0.2, -0.15) is 13.2 Å². The van der Waals surface area contributed by atoms with Crippen molar-refractivity contribution in [3.05, 3.63) is 24.3 Å². The molecule has 5 heteroatoms. The molecule has 0 aliphatic carbocycles. The Bertz CT molecular complexity index is 507. The van der Waals surface area contributed by atoms with E-state index < -0.39 is 12.6 Å². The molecule has 0 N–H and O–H groups in total. The van der Waals surface area contributed by atoms with Crippen LogP contribution in [0.25, 0.3) is 0 Å². The second-order valence-electron chi connectivity index (χ2n) is 7.69. The van der Waals surface area contributed by atoms with Gasteiger partial charge in [-0.05, 0) is 49.4 Å². The van der Waals surface area contributed by atoms with Crippen LogP contribution >= 0.6 is 0 Å². The summed E-state index contributed by atoms with van der Waals surface area (Å²) in [5.41, 5.74) is 1.18. The molecule has 0 radical (unpaired) electrons. The van der Waals surface area contributed by atoms with E-state index in [0.29, 0.717) is 5.75 Å². The molecule has 0 bridgehead atoms. The molecule has 2 rings (SSSR count). The summed E-state index contributed by atoms with van der Waals surface area (Å²) in [6, 6.07) is 7.76. The van der Waals surface area contributed by atoms with E-state index in [4.69, 9.17) is 4.74 Å². The largest absolute Gasteiger partial charge is 0.494 e. The summed E-state index contributed by atoms with van der Waals surface area (Å²) in [6.45, 7) is 4.53. The van der Waals surface area contributed by atoms with Crippen molar-refractivity contribution in [2.45, 2.75) is 77.3 Å². The van der Waals surface area contributed by atoms with Gasteiger partial charge in [0.2, 0.25) is 0 Å². The van der Waals surface area contributed by atoms with Crippen molar-refractivity contribution < 1.29 is 17.9 Å². The molecule has 1 aromatic carbocycles. The molecule has 2 nitrogen and oxygen atoms in total. The summed E-state index contributed by atoms with van der Waals surface area (Å²) in [7, 11) is 0. The molecule has 0 saturated carbocycles. The van der Waals surface area contributed by atoms with Crippen molar-refractivity contribution >= 4 is 5.69 Å². The van der Waals surface area contributed by atoms with Gasteiger partial charge in [0.15, 0.2) is 0 Å². The standard InChI is InChI=1S/C22H34F3NO/c1-2-3-4-5-6-8-19-13-16-26(17-14-19)20-9-11-21(12-10-20)27-18-7-15-22(23,24)25/h9-12,19H,2-8,13-18H2,1H3. The normalized spacial score (nSPS) is 15.9. The van der Waals surface area contributed by atoms with Gasteiger partial charge in [-0.1, -0.05) is 45.4 Å². The molecule has 154 valence electrons. The Morgan fingerprint density at radius 1 is 0.963 bits per heavy atom. The third kappa shape index (κ3) is 8.89. The van der Waals surface area contributed by atoms with Crippen molar-refractivity contribution in [1.82, 2.24) is 0 Å². The van der Waals surface area contributed by atoms with E-state index in [-0.39, 0.29) is 13.0 Å². The molecule has 0 amide bonds. The van der Waals surface area contributed by atoms with Crippen LogP contribution in [0.15, 0.2) is 24.3 Å². The highest BCUT2D eigenvalue weighted by molar-refractivity contribution is 5.49. The number of rotatable bonds is 11. The van der Waals surface area contributed by atoms with Crippen LogP contribution in [0.2, 0.25) is 0 Å². The second kappa shape index (κ2) is 11.5. The third-order valence-corrected chi connectivity index (χ3v) is 5.41. The maximum atomic E-state index is 12.1. The molecular formula is C22H34F3NO. The van der Waals surface area contributed by atoms with Crippen molar-refractivity contribution in [1.29, 1.82) is 0 Å². The predicted octanol–water partition coefficient (Wildman–Crippen LogP) is 6.98. The minimum absolute atomic E-state index is 0.00277. The molecule has 0 atom stereocenters. The summed E-state index contributed by atoms with van der Waals surface area (Å²) in [4.78, 5) is 2.40. The van der Waals surface area contributed by atoms with Crippen molar-refractivity contribution in [3.8, 4) is 5.75 Å². The van der Waals surface area contributed by atoms with E-state index in [0.717, 1.165) is 19.0 Å². The number of ether oxygens (including phenoxy) is 1. The van der Waals surface area contributed by atoms with E-state index in [9.17, 15) is 13.2 Å². The van der Waals surface area contributed by atoms with Gasteiger partial charge in [0, 0.05) is 25.2 Å². The maximum absolute atomic E-state index is 12.1. The predicted molar refractivity (Wildman–Crippen MR) is 106 cm³/mol. The van der Waals surface area contributed by atoms with Gasteiger partial charge < -0.3 is 9.64 Å². The zero-order valence-electron chi connectivity index (χ0n) is 16.6. The highest BCUT2D eigenvalue weighted by atomic mass is 19.4. The van der Waals surface area contributed by atoms with E-state index in [2.05, 4.69) is 11.8 Å². The van der Waals surface area contributed by atoms with Crippen LogP contribution in [0.5, 0.6) is 5.75 Å². The summed E-state index contributed by atoms with van der Waals surface area (Å²) >= 11 is 0. The van der Waals surface area contributed by atoms with Gasteiger partial charge in [-0.3, -0.25) is 0 Å². The number of nitrogens with zero attached hydrogens (tertiary/aromatic N) is 1.